The van der Waals surface area contributed by atoms with Crippen LogP contribution in [0.1, 0.15) is 19.8 Å². The van der Waals surface area contributed by atoms with E-state index in [0.717, 1.165) is 12.4 Å². The highest BCUT2D eigenvalue weighted by atomic mass is 32.2. The molecule has 0 aromatic carbocycles. The average molecular weight is 291 g/mol. The second-order valence-electron chi connectivity index (χ2n) is 3.73. The summed E-state index contributed by atoms with van der Waals surface area (Å²) in [5.74, 6) is 0.863. The summed E-state index contributed by atoms with van der Waals surface area (Å²) in [6, 6.07) is 0. The molecular formula is C12H22N2S3. The molecule has 17 heavy (non-hydrogen) atoms. The number of hydrogen-bond donors (Lipinski definition) is 1. The minimum atomic E-state index is 0.680. The lowest BCUT2D eigenvalue weighted by Gasteiger charge is -2.17. The lowest BCUT2D eigenvalue weighted by atomic mass is 10.3. The zero-order chi connectivity index (χ0) is 13.1. The Kier molecular flexibility index (Phi) is 10.9. The highest BCUT2D eigenvalue weighted by molar-refractivity contribution is 8.41. The Morgan fingerprint density at radius 3 is 2.65 bits per heavy atom. The fraction of sp³-hybridized carbons (Fsp3) is 0.583. The molecule has 0 aromatic rings. The van der Waals surface area contributed by atoms with Crippen molar-refractivity contribution in [2.24, 2.45) is 0 Å². The lowest BCUT2D eigenvalue weighted by Crippen LogP contribution is -2.23. The van der Waals surface area contributed by atoms with Gasteiger partial charge in [0.1, 0.15) is 3.53 Å². The Morgan fingerprint density at radius 1 is 1.59 bits per heavy atom. The van der Waals surface area contributed by atoms with Gasteiger partial charge in [-0.15, -0.1) is 31.0 Å². The third-order valence-corrected chi connectivity index (χ3v) is 3.45. The van der Waals surface area contributed by atoms with Crippen LogP contribution < -0.4 is 0 Å². The number of unbranched alkanes of at least 4 members (excludes halogenated alkanes) is 1. The van der Waals surface area contributed by atoms with E-state index in [2.05, 4.69) is 67.6 Å². The molecule has 0 amide bonds. The van der Waals surface area contributed by atoms with E-state index in [-0.39, 0.29) is 0 Å². The van der Waals surface area contributed by atoms with Crippen LogP contribution in [-0.2, 0) is 0 Å². The Labute approximate surface area is 121 Å². The first kappa shape index (κ1) is 16.9. The highest BCUT2D eigenvalue weighted by Crippen LogP contribution is 2.06. The highest BCUT2D eigenvalue weighted by Gasteiger charge is 2.05. The van der Waals surface area contributed by atoms with Crippen LogP contribution in [-0.4, -0.2) is 39.3 Å². The maximum absolute atomic E-state index is 4.64. The first-order chi connectivity index (χ1) is 8.10. The first-order valence-corrected chi connectivity index (χ1v) is 7.53. The van der Waals surface area contributed by atoms with Gasteiger partial charge >= 0.3 is 0 Å². The number of hydrogen-bond acceptors (Lipinski definition) is 4. The molecule has 2 nitrogen and oxygen atoms in total. The monoisotopic (exact) mass is 290 g/mol. The van der Waals surface area contributed by atoms with E-state index in [1.165, 1.54) is 31.1 Å². The molecule has 5 heteroatoms. The molecule has 0 saturated heterocycles. The van der Waals surface area contributed by atoms with Gasteiger partial charge in [0.2, 0.25) is 0 Å². The summed E-state index contributed by atoms with van der Waals surface area (Å²) >= 11 is 10.0. The maximum atomic E-state index is 4.64. The van der Waals surface area contributed by atoms with Crippen molar-refractivity contribution < 1.29 is 0 Å². The van der Waals surface area contributed by atoms with Gasteiger partial charge in [-0.2, -0.15) is 0 Å². The van der Waals surface area contributed by atoms with Crippen molar-refractivity contribution in [2.75, 3.05) is 26.0 Å². The van der Waals surface area contributed by atoms with Gasteiger partial charge in [0.15, 0.2) is 0 Å². The van der Waals surface area contributed by atoms with Crippen molar-refractivity contribution in [1.82, 2.24) is 9.80 Å². The fourth-order valence-corrected chi connectivity index (χ4v) is 1.91. The van der Waals surface area contributed by atoms with E-state index < -0.39 is 0 Å². The van der Waals surface area contributed by atoms with Gasteiger partial charge in [-0.25, -0.2) is 0 Å². The van der Waals surface area contributed by atoms with Crippen molar-refractivity contribution in [1.29, 1.82) is 0 Å². The summed E-state index contributed by atoms with van der Waals surface area (Å²) in [4.78, 5) is 4.53. The van der Waals surface area contributed by atoms with Crippen molar-refractivity contribution in [3.63, 3.8) is 0 Å². The summed E-state index contributed by atoms with van der Waals surface area (Å²) in [7, 11) is 2.10. The van der Waals surface area contributed by atoms with E-state index in [4.69, 9.17) is 0 Å². The molecule has 98 valence electrons. The van der Waals surface area contributed by atoms with Gasteiger partial charge in [0, 0.05) is 31.7 Å². The molecule has 1 rings (SSSR count). The minimum Gasteiger partial charge on any atom is -0.362 e. The summed E-state index contributed by atoms with van der Waals surface area (Å²) in [6.07, 6.45) is 8.67. The topological polar surface area (TPSA) is 6.48 Å². The van der Waals surface area contributed by atoms with Crippen LogP contribution in [0.5, 0.6) is 0 Å². The maximum Gasteiger partial charge on any atom is 0.101 e. The molecule has 1 aliphatic rings. The van der Waals surface area contributed by atoms with Crippen LogP contribution in [0, 0.1) is 0 Å². The Hall–Kier alpha value is -0.130. The molecule has 0 unspecified atom stereocenters. The van der Waals surface area contributed by atoms with Gasteiger partial charge in [0.25, 0.3) is 0 Å². The van der Waals surface area contributed by atoms with E-state index in [0.29, 0.717) is 3.53 Å². The van der Waals surface area contributed by atoms with Gasteiger partial charge in [0.05, 0.1) is 6.67 Å². The summed E-state index contributed by atoms with van der Waals surface area (Å²) in [5.41, 5.74) is 0. The van der Waals surface area contributed by atoms with Crippen molar-refractivity contribution in [2.45, 2.75) is 19.8 Å². The minimum absolute atomic E-state index is 0.680. The molecule has 0 radical (unpaired) electrons. The SMILES string of the molecule is C=CCSC(=S)S.CCCCN1C=CN(C)C1. The first-order valence-electron chi connectivity index (χ1n) is 5.69. The molecule has 0 aromatic heterocycles. The second kappa shape index (κ2) is 11.0. The molecule has 0 saturated carbocycles. The lowest BCUT2D eigenvalue weighted by molar-refractivity contribution is 0.293. The summed E-state index contributed by atoms with van der Waals surface area (Å²) < 4.78 is 0.680. The molecule has 0 aliphatic carbocycles. The normalized spacial score (nSPS) is 13.4. The Balaban J connectivity index is 0.000000325. The third kappa shape index (κ3) is 10.7. The second-order valence-corrected chi connectivity index (χ2v) is 6.48. The third-order valence-electron chi connectivity index (χ3n) is 2.06. The van der Waals surface area contributed by atoms with Crippen molar-refractivity contribution in [3.05, 3.63) is 25.1 Å². The average Bonchev–Trinajstić information content (AvgIpc) is 2.70. The number of nitrogens with zero attached hydrogens (tertiary/aromatic N) is 2. The molecular weight excluding hydrogens is 268 g/mol. The van der Waals surface area contributed by atoms with Gasteiger partial charge < -0.3 is 9.80 Å². The van der Waals surface area contributed by atoms with Gasteiger partial charge in [-0.05, 0) is 6.42 Å². The van der Waals surface area contributed by atoms with Crippen LogP contribution in [0.2, 0.25) is 0 Å². The van der Waals surface area contributed by atoms with E-state index in [9.17, 15) is 0 Å². The molecule has 1 aliphatic heterocycles. The quantitative estimate of drug-likeness (QED) is 0.469. The van der Waals surface area contributed by atoms with E-state index in [1.54, 1.807) is 6.08 Å². The van der Waals surface area contributed by atoms with E-state index >= 15 is 0 Å². The number of thiocarbonyl (C=S) groups is 1. The molecule has 0 bridgehead atoms. The zero-order valence-electron chi connectivity index (χ0n) is 10.6. The summed E-state index contributed by atoms with van der Waals surface area (Å²) in [6.45, 7) is 8.02. The molecule has 0 N–H and O–H groups in total. The van der Waals surface area contributed by atoms with Gasteiger partial charge in [-0.3, -0.25) is 0 Å². The van der Waals surface area contributed by atoms with Crippen LogP contribution >= 0.6 is 36.6 Å². The molecule has 0 atom stereocenters. The number of rotatable bonds is 5. The van der Waals surface area contributed by atoms with Crippen LogP contribution in [0.25, 0.3) is 0 Å². The Morgan fingerprint density at radius 2 is 2.29 bits per heavy atom. The Bertz CT molecular complexity index is 254. The summed E-state index contributed by atoms with van der Waals surface area (Å²) in [5, 5.41) is 0. The largest absolute Gasteiger partial charge is 0.362 e. The molecule has 1 heterocycles. The predicted molar refractivity (Wildman–Crippen MR) is 87.6 cm³/mol. The van der Waals surface area contributed by atoms with Crippen molar-refractivity contribution in [3.8, 4) is 0 Å². The fourth-order valence-electron chi connectivity index (χ4n) is 1.23. The van der Waals surface area contributed by atoms with Crippen molar-refractivity contribution >= 4 is 40.1 Å². The predicted octanol–water partition coefficient (Wildman–Crippen LogP) is 3.58. The van der Waals surface area contributed by atoms with Crippen LogP contribution in [0.3, 0.4) is 0 Å². The van der Waals surface area contributed by atoms with E-state index in [1.807, 2.05) is 0 Å². The standard InChI is InChI=1S/C8H16N2.C4H6S3/c1-3-4-5-10-7-6-9(2)8-10;1-2-3-7-4(5)6/h6-7H,3-5,8H2,1-2H3;2H,1,3H2,(H,5,6). The van der Waals surface area contributed by atoms with Crippen LogP contribution in [0.15, 0.2) is 25.1 Å². The zero-order valence-corrected chi connectivity index (χ0v) is 13.2. The van der Waals surface area contributed by atoms with Gasteiger partial charge in [-0.1, -0.05) is 31.6 Å². The molecule has 0 fully saturated rings. The molecule has 0 spiro atoms. The number of thioether (sulfide) groups is 1. The number of thiol groups is 1. The smallest absolute Gasteiger partial charge is 0.101 e. The van der Waals surface area contributed by atoms with Crippen LogP contribution in [0.4, 0.5) is 0 Å².